The molecular weight excluding hydrogens is 406 g/mol. The number of carbonyl (C=O) groups is 1. The fourth-order valence-electron chi connectivity index (χ4n) is 2.28. The smallest absolute Gasteiger partial charge is 0.234 e. The maximum absolute atomic E-state index is 12.3. The molecule has 0 spiro atoms. The number of anilines is 1. The summed E-state index contributed by atoms with van der Waals surface area (Å²) in [5, 5.41) is 11.0. The number of aryl methyl sites for hydroxylation is 2. The minimum absolute atomic E-state index is 0.0868. The van der Waals surface area contributed by atoms with Crippen molar-refractivity contribution in [2.24, 2.45) is 0 Å². The summed E-state index contributed by atoms with van der Waals surface area (Å²) in [6, 6.07) is 5.60. The topological polar surface area (TPSA) is 85.8 Å². The van der Waals surface area contributed by atoms with Gasteiger partial charge in [-0.05, 0) is 32.0 Å². The zero-order chi connectivity index (χ0) is 17.8. The molecule has 3 aromatic rings. The summed E-state index contributed by atoms with van der Waals surface area (Å²) in [7, 11) is 0. The normalized spacial score (nSPS) is 10.8. The number of hydrogen-bond acceptors (Lipinski definition) is 6. The summed E-state index contributed by atoms with van der Waals surface area (Å²) in [6.07, 6.45) is 3.04. The van der Waals surface area contributed by atoms with E-state index in [0.717, 1.165) is 27.2 Å². The third-order valence-corrected chi connectivity index (χ3v) is 5.01. The van der Waals surface area contributed by atoms with Gasteiger partial charge in [-0.25, -0.2) is 9.67 Å². The molecule has 25 heavy (non-hydrogen) atoms. The predicted octanol–water partition coefficient (Wildman–Crippen LogP) is 3.51. The Morgan fingerprint density at radius 1 is 1.40 bits per heavy atom. The van der Waals surface area contributed by atoms with Gasteiger partial charge in [0.25, 0.3) is 0 Å². The molecule has 2 heterocycles. The third kappa shape index (κ3) is 4.29. The Morgan fingerprint density at radius 2 is 2.24 bits per heavy atom. The lowest BCUT2D eigenvalue weighted by Crippen LogP contribution is -2.16. The van der Waals surface area contributed by atoms with Gasteiger partial charge in [-0.15, -0.1) is 11.8 Å². The summed E-state index contributed by atoms with van der Waals surface area (Å²) in [5.41, 5.74) is 3.34. The first kappa shape index (κ1) is 17.7. The quantitative estimate of drug-likeness (QED) is 0.655. The van der Waals surface area contributed by atoms with Crippen LogP contribution in [0.3, 0.4) is 0 Å². The monoisotopic (exact) mass is 421 g/mol. The highest BCUT2D eigenvalue weighted by molar-refractivity contribution is 9.10. The number of amides is 1. The van der Waals surface area contributed by atoms with E-state index < -0.39 is 0 Å². The molecule has 0 saturated carbocycles. The van der Waals surface area contributed by atoms with E-state index in [1.807, 2.05) is 32.0 Å². The molecule has 1 aromatic carbocycles. The van der Waals surface area contributed by atoms with Crippen LogP contribution in [0.15, 0.2) is 39.8 Å². The van der Waals surface area contributed by atoms with E-state index in [0.29, 0.717) is 17.2 Å². The van der Waals surface area contributed by atoms with Crippen molar-refractivity contribution in [2.75, 3.05) is 11.1 Å². The molecule has 0 aliphatic heterocycles. The van der Waals surface area contributed by atoms with Crippen molar-refractivity contribution < 1.29 is 9.32 Å². The molecule has 2 aromatic heterocycles. The van der Waals surface area contributed by atoms with Crippen molar-refractivity contribution in [3.63, 3.8) is 0 Å². The van der Waals surface area contributed by atoms with Crippen molar-refractivity contribution in [3.8, 4) is 5.69 Å². The fraction of sp³-hybridized carbons (Fsp3) is 0.250. The van der Waals surface area contributed by atoms with Crippen molar-refractivity contribution in [2.45, 2.75) is 19.6 Å². The fourth-order valence-corrected chi connectivity index (χ4v) is 3.62. The minimum atomic E-state index is -0.0868. The third-order valence-electron chi connectivity index (χ3n) is 3.56. The Morgan fingerprint density at radius 3 is 2.92 bits per heavy atom. The number of nitrogens with zero attached hydrogens (tertiary/aromatic N) is 4. The molecule has 0 saturated heterocycles. The van der Waals surface area contributed by atoms with E-state index in [1.165, 1.54) is 18.1 Å². The summed E-state index contributed by atoms with van der Waals surface area (Å²) < 4.78 is 7.61. The zero-order valence-corrected chi connectivity index (χ0v) is 16.1. The Bertz CT molecular complexity index is 859. The van der Waals surface area contributed by atoms with Crippen LogP contribution >= 0.6 is 27.7 Å². The summed E-state index contributed by atoms with van der Waals surface area (Å²) in [6.45, 7) is 3.78. The number of carbonyl (C=O) groups excluding carboxylic acids is 1. The van der Waals surface area contributed by atoms with Gasteiger partial charge in [0.1, 0.15) is 18.4 Å². The first-order chi connectivity index (χ1) is 12.0. The Kier molecular flexibility index (Phi) is 5.54. The number of thioether (sulfide) groups is 1. The highest BCUT2D eigenvalue weighted by Gasteiger charge is 2.12. The van der Waals surface area contributed by atoms with Crippen LogP contribution in [-0.2, 0) is 10.5 Å². The van der Waals surface area contributed by atoms with Crippen LogP contribution < -0.4 is 5.32 Å². The van der Waals surface area contributed by atoms with E-state index in [1.54, 1.807) is 11.0 Å². The molecule has 0 atom stereocenters. The van der Waals surface area contributed by atoms with Crippen LogP contribution in [0.25, 0.3) is 5.69 Å². The standard InChI is InChI=1S/C16H16BrN5O2S/c1-10-13(11(2)24-21-10)6-25-7-16(23)20-14-5-12(17)3-4-15(14)22-9-18-8-19-22/h3-5,8-9H,6-7H2,1-2H3,(H,20,23). The number of nitrogens with one attached hydrogen (secondary N) is 1. The number of hydrogen-bond donors (Lipinski definition) is 1. The summed E-state index contributed by atoms with van der Waals surface area (Å²) in [5.74, 6) is 1.72. The summed E-state index contributed by atoms with van der Waals surface area (Å²) in [4.78, 5) is 16.3. The summed E-state index contributed by atoms with van der Waals surface area (Å²) >= 11 is 4.94. The second kappa shape index (κ2) is 7.83. The highest BCUT2D eigenvalue weighted by Crippen LogP contribution is 2.25. The molecular formula is C16H16BrN5O2S. The molecule has 0 bridgehead atoms. The maximum atomic E-state index is 12.3. The number of benzene rings is 1. The van der Waals surface area contributed by atoms with Crippen LogP contribution in [0.5, 0.6) is 0 Å². The molecule has 0 unspecified atom stereocenters. The van der Waals surface area contributed by atoms with Gasteiger partial charge in [-0.1, -0.05) is 21.1 Å². The van der Waals surface area contributed by atoms with Gasteiger partial charge < -0.3 is 9.84 Å². The second-order valence-corrected chi connectivity index (χ2v) is 7.25. The molecule has 9 heteroatoms. The van der Waals surface area contributed by atoms with Crippen LogP contribution in [0.4, 0.5) is 5.69 Å². The first-order valence-electron chi connectivity index (χ1n) is 7.48. The van der Waals surface area contributed by atoms with E-state index in [2.05, 4.69) is 36.5 Å². The molecule has 130 valence electrons. The Balaban J connectivity index is 1.64. The van der Waals surface area contributed by atoms with Crippen LogP contribution in [0.2, 0.25) is 0 Å². The predicted molar refractivity (Wildman–Crippen MR) is 99.8 cm³/mol. The average molecular weight is 422 g/mol. The number of aromatic nitrogens is 4. The minimum Gasteiger partial charge on any atom is -0.361 e. The van der Waals surface area contributed by atoms with Crippen molar-refractivity contribution in [1.82, 2.24) is 19.9 Å². The molecule has 0 aliphatic rings. The Labute approximate surface area is 157 Å². The average Bonchev–Trinajstić information content (AvgIpc) is 3.20. The van der Waals surface area contributed by atoms with E-state index >= 15 is 0 Å². The lowest BCUT2D eigenvalue weighted by molar-refractivity contribution is -0.113. The molecule has 7 nitrogen and oxygen atoms in total. The molecule has 3 rings (SSSR count). The SMILES string of the molecule is Cc1noc(C)c1CSCC(=O)Nc1cc(Br)ccc1-n1cncn1. The van der Waals surface area contributed by atoms with Crippen LogP contribution in [0.1, 0.15) is 17.0 Å². The van der Waals surface area contributed by atoms with E-state index in [9.17, 15) is 4.79 Å². The number of halogens is 1. The lowest BCUT2D eigenvalue weighted by atomic mass is 10.2. The molecule has 0 fully saturated rings. The van der Waals surface area contributed by atoms with Gasteiger partial charge in [0.05, 0.1) is 22.8 Å². The largest absolute Gasteiger partial charge is 0.361 e. The van der Waals surface area contributed by atoms with Gasteiger partial charge in [-0.2, -0.15) is 5.10 Å². The van der Waals surface area contributed by atoms with Crippen molar-refractivity contribution >= 4 is 39.3 Å². The molecule has 0 radical (unpaired) electrons. The lowest BCUT2D eigenvalue weighted by Gasteiger charge is -2.11. The molecule has 1 amide bonds. The van der Waals surface area contributed by atoms with E-state index in [-0.39, 0.29) is 5.91 Å². The van der Waals surface area contributed by atoms with Crippen LogP contribution in [0, 0.1) is 13.8 Å². The van der Waals surface area contributed by atoms with Crippen LogP contribution in [-0.4, -0.2) is 31.6 Å². The van der Waals surface area contributed by atoms with E-state index in [4.69, 9.17) is 4.52 Å². The van der Waals surface area contributed by atoms with Gasteiger partial charge >= 0.3 is 0 Å². The van der Waals surface area contributed by atoms with Gasteiger partial charge in [0.2, 0.25) is 5.91 Å². The molecule has 0 aliphatic carbocycles. The molecule has 1 N–H and O–H groups in total. The van der Waals surface area contributed by atoms with Gasteiger partial charge in [-0.3, -0.25) is 4.79 Å². The zero-order valence-electron chi connectivity index (χ0n) is 13.7. The highest BCUT2D eigenvalue weighted by atomic mass is 79.9. The van der Waals surface area contributed by atoms with Gasteiger partial charge in [0, 0.05) is 15.8 Å². The first-order valence-corrected chi connectivity index (χ1v) is 9.43. The van der Waals surface area contributed by atoms with Gasteiger partial charge in [0.15, 0.2) is 0 Å². The maximum Gasteiger partial charge on any atom is 0.234 e. The Hall–Kier alpha value is -2.13. The number of rotatable bonds is 6. The second-order valence-electron chi connectivity index (χ2n) is 5.35. The van der Waals surface area contributed by atoms with Crippen molar-refractivity contribution in [1.29, 1.82) is 0 Å². The van der Waals surface area contributed by atoms with Crippen molar-refractivity contribution in [3.05, 3.63) is 52.3 Å².